The molecule has 2 N–H and O–H groups in total. The fraction of sp³-hybridized carbons (Fsp3) is 0.421. The maximum atomic E-state index is 11.2. The van der Waals surface area contributed by atoms with Gasteiger partial charge < -0.3 is 15.4 Å². The van der Waals surface area contributed by atoms with E-state index in [1.807, 2.05) is 0 Å². The summed E-state index contributed by atoms with van der Waals surface area (Å²) in [6, 6.07) is 6.75. The highest BCUT2D eigenvalue weighted by Gasteiger charge is 2.24. The summed E-state index contributed by atoms with van der Waals surface area (Å²) in [5.41, 5.74) is 6.63. The lowest BCUT2D eigenvalue weighted by Crippen LogP contribution is -2.33. The second-order valence-corrected chi connectivity index (χ2v) is 6.35. The number of ether oxygens (including phenoxy) is 1. The third-order valence-electron chi connectivity index (χ3n) is 4.56. The quantitative estimate of drug-likeness (QED) is 0.874. The van der Waals surface area contributed by atoms with Crippen LogP contribution in [0.3, 0.4) is 0 Å². The monoisotopic (exact) mass is 340 g/mol. The van der Waals surface area contributed by atoms with Crippen molar-refractivity contribution in [1.29, 1.82) is 0 Å². The number of nitrogens with two attached hydrogens (primary N) is 1. The van der Waals surface area contributed by atoms with Crippen molar-refractivity contribution in [3.8, 4) is 11.6 Å². The molecule has 6 heteroatoms. The highest BCUT2D eigenvalue weighted by atomic mass is 16.5. The molecule has 25 heavy (non-hydrogen) atoms. The SMILES string of the molecule is CCCN1CCC(c2nccnc2Oc2ccc(C(N)=O)cc2)CC1. The van der Waals surface area contributed by atoms with Crippen LogP contribution in [0.2, 0.25) is 0 Å². The van der Waals surface area contributed by atoms with Crippen LogP contribution in [0.15, 0.2) is 36.7 Å². The van der Waals surface area contributed by atoms with E-state index < -0.39 is 5.91 Å². The van der Waals surface area contributed by atoms with Gasteiger partial charge in [-0.2, -0.15) is 0 Å². The number of carbonyl (C=O) groups excluding carboxylic acids is 1. The summed E-state index contributed by atoms with van der Waals surface area (Å²) in [7, 11) is 0. The zero-order valence-corrected chi connectivity index (χ0v) is 14.5. The molecule has 3 rings (SSSR count). The van der Waals surface area contributed by atoms with E-state index in [0.29, 0.717) is 23.1 Å². The normalized spacial score (nSPS) is 15.9. The van der Waals surface area contributed by atoms with Crippen LogP contribution in [0, 0.1) is 0 Å². The Hall–Kier alpha value is -2.47. The molecule has 1 aromatic heterocycles. The molecule has 6 nitrogen and oxygen atoms in total. The summed E-state index contributed by atoms with van der Waals surface area (Å²) in [6.07, 6.45) is 6.68. The zero-order valence-electron chi connectivity index (χ0n) is 14.5. The van der Waals surface area contributed by atoms with Gasteiger partial charge in [0.05, 0.1) is 0 Å². The van der Waals surface area contributed by atoms with Gasteiger partial charge in [-0.15, -0.1) is 0 Å². The number of primary amides is 1. The number of piperidine rings is 1. The standard InChI is InChI=1S/C19H24N4O2/c1-2-11-23-12-7-14(8-13-23)17-19(22-10-9-21-17)25-16-5-3-15(4-6-16)18(20)24/h3-6,9-10,14H,2,7-8,11-13H2,1H3,(H2,20,24). The second kappa shape index (κ2) is 8.07. The molecule has 1 amide bonds. The third-order valence-corrected chi connectivity index (χ3v) is 4.56. The molecule has 0 bridgehead atoms. The van der Waals surface area contributed by atoms with Crippen molar-refractivity contribution in [2.75, 3.05) is 19.6 Å². The summed E-state index contributed by atoms with van der Waals surface area (Å²) in [6.45, 7) is 5.54. The Balaban J connectivity index is 1.72. The van der Waals surface area contributed by atoms with Gasteiger partial charge in [-0.05, 0) is 63.2 Å². The van der Waals surface area contributed by atoms with Crippen molar-refractivity contribution < 1.29 is 9.53 Å². The molecule has 1 fully saturated rings. The maximum absolute atomic E-state index is 11.2. The Morgan fingerprint density at radius 3 is 2.52 bits per heavy atom. The van der Waals surface area contributed by atoms with Gasteiger partial charge in [0.1, 0.15) is 11.4 Å². The van der Waals surface area contributed by atoms with Gasteiger partial charge in [0, 0.05) is 23.9 Å². The smallest absolute Gasteiger partial charge is 0.248 e. The van der Waals surface area contributed by atoms with Gasteiger partial charge in [0.25, 0.3) is 0 Å². The van der Waals surface area contributed by atoms with E-state index >= 15 is 0 Å². The summed E-state index contributed by atoms with van der Waals surface area (Å²) >= 11 is 0. The van der Waals surface area contributed by atoms with Crippen LogP contribution in [-0.2, 0) is 0 Å². The van der Waals surface area contributed by atoms with Gasteiger partial charge in [0.15, 0.2) is 0 Å². The maximum Gasteiger partial charge on any atom is 0.248 e. The summed E-state index contributed by atoms with van der Waals surface area (Å²) in [5, 5.41) is 0. The second-order valence-electron chi connectivity index (χ2n) is 6.35. The summed E-state index contributed by atoms with van der Waals surface area (Å²) in [4.78, 5) is 22.6. The van der Waals surface area contributed by atoms with Crippen molar-refractivity contribution in [2.24, 2.45) is 5.73 Å². The van der Waals surface area contributed by atoms with E-state index in [9.17, 15) is 4.79 Å². The number of hydrogen-bond acceptors (Lipinski definition) is 5. The van der Waals surface area contributed by atoms with Gasteiger partial charge in [-0.3, -0.25) is 9.78 Å². The fourth-order valence-corrected chi connectivity index (χ4v) is 3.24. The summed E-state index contributed by atoms with van der Waals surface area (Å²) < 4.78 is 5.93. The van der Waals surface area contributed by atoms with E-state index in [4.69, 9.17) is 10.5 Å². The lowest BCUT2D eigenvalue weighted by atomic mass is 9.93. The van der Waals surface area contributed by atoms with Crippen LogP contribution < -0.4 is 10.5 Å². The van der Waals surface area contributed by atoms with Gasteiger partial charge >= 0.3 is 0 Å². The Bertz CT molecular complexity index is 710. The van der Waals surface area contributed by atoms with E-state index in [-0.39, 0.29) is 0 Å². The van der Waals surface area contributed by atoms with Crippen LogP contribution in [0.25, 0.3) is 0 Å². The van der Waals surface area contributed by atoms with E-state index in [2.05, 4.69) is 21.8 Å². The first kappa shape index (κ1) is 17.4. The van der Waals surface area contributed by atoms with Gasteiger partial charge in [-0.25, -0.2) is 4.98 Å². The molecule has 2 heterocycles. The lowest BCUT2D eigenvalue weighted by molar-refractivity contribution is 0.100. The fourth-order valence-electron chi connectivity index (χ4n) is 3.24. The first-order chi connectivity index (χ1) is 12.2. The number of benzene rings is 1. The molecule has 0 spiro atoms. The molecule has 1 aliphatic rings. The minimum Gasteiger partial charge on any atom is -0.437 e. The molecule has 0 aliphatic carbocycles. The largest absolute Gasteiger partial charge is 0.437 e. The van der Waals surface area contributed by atoms with Crippen molar-refractivity contribution in [3.63, 3.8) is 0 Å². The van der Waals surface area contributed by atoms with E-state index in [1.54, 1.807) is 36.7 Å². The predicted molar refractivity (Wildman–Crippen MR) is 95.8 cm³/mol. The van der Waals surface area contributed by atoms with Crippen LogP contribution in [0.1, 0.15) is 48.2 Å². The number of carbonyl (C=O) groups is 1. The Morgan fingerprint density at radius 1 is 1.20 bits per heavy atom. The van der Waals surface area contributed by atoms with Crippen LogP contribution in [0.4, 0.5) is 0 Å². The first-order valence-corrected chi connectivity index (χ1v) is 8.78. The molecule has 0 saturated carbocycles. The number of aromatic nitrogens is 2. The van der Waals surface area contributed by atoms with Crippen LogP contribution in [-0.4, -0.2) is 40.4 Å². The third kappa shape index (κ3) is 4.33. The number of hydrogen-bond donors (Lipinski definition) is 1. The van der Waals surface area contributed by atoms with E-state index in [0.717, 1.165) is 38.2 Å². The molecule has 2 aromatic rings. The molecule has 1 aromatic carbocycles. The van der Waals surface area contributed by atoms with Crippen LogP contribution >= 0.6 is 0 Å². The number of likely N-dealkylation sites (tertiary alicyclic amines) is 1. The van der Waals surface area contributed by atoms with Crippen molar-refractivity contribution in [2.45, 2.75) is 32.1 Å². The molecule has 0 atom stereocenters. The Labute approximate surface area is 148 Å². The predicted octanol–water partition coefficient (Wildman–Crippen LogP) is 2.96. The van der Waals surface area contributed by atoms with Crippen molar-refractivity contribution in [3.05, 3.63) is 47.9 Å². The molecular formula is C19H24N4O2. The molecule has 1 aliphatic heterocycles. The van der Waals surface area contributed by atoms with Gasteiger partial charge in [-0.1, -0.05) is 6.92 Å². The molecule has 132 valence electrons. The number of amides is 1. The van der Waals surface area contributed by atoms with Crippen molar-refractivity contribution >= 4 is 5.91 Å². The average molecular weight is 340 g/mol. The minimum absolute atomic E-state index is 0.363. The average Bonchev–Trinajstić information content (AvgIpc) is 2.64. The first-order valence-electron chi connectivity index (χ1n) is 8.78. The zero-order chi connectivity index (χ0) is 17.6. The highest BCUT2D eigenvalue weighted by Crippen LogP contribution is 2.33. The highest BCUT2D eigenvalue weighted by molar-refractivity contribution is 5.92. The molecule has 1 saturated heterocycles. The Kier molecular flexibility index (Phi) is 5.60. The van der Waals surface area contributed by atoms with Crippen molar-refractivity contribution in [1.82, 2.24) is 14.9 Å². The topological polar surface area (TPSA) is 81.3 Å². The molecule has 0 radical (unpaired) electrons. The Morgan fingerprint density at radius 2 is 1.88 bits per heavy atom. The lowest BCUT2D eigenvalue weighted by Gasteiger charge is -2.31. The number of nitrogens with zero attached hydrogens (tertiary/aromatic N) is 3. The number of rotatable bonds is 6. The summed E-state index contributed by atoms with van der Waals surface area (Å²) in [5.74, 6) is 1.07. The minimum atomic E-state index is -0.453. The molecule has 0 unspecified atom stereocenters. The van der Waals surface area contributed by atoms with E-state index in [1.165, 1.54) is 6.42 Å². The van der Waals surface area contributed by atoms with Crippen LogP contribution in [0.5, 0.6) is 11.6 Å². The molecular weight excluding hydrogens is 316 g/mol. The van der Waals surface area contributed by atoms with Gasteiger partial charge in [0.2, 0.25) is 11.8 Å².